The predicted octanol–water partition coefficient (Wildman–Crippen LogP) is 5.12. The van der Waals surface area contributed by atoms with Crippen LogP contribution in [0.2, 0.25) is 0 Å². The number of para-hydroxylation sites is 1. The topological polar surface area (TPSA) is 59.4 Å². The standard InChI is InChI=1S/C15H12NOS.C5H8O2.Ir/c1-10-9-12(14-7-4-8-18-14)16-15-11(10)5-3-6-13(15)17-2;1-4(6)3-5(2)7;/h3-6,8-9H,1-2H3;3,6H,1-2H3;/q-1;;/b;4-3-;. The molecule has 1 radical (unpaired) electrons. The third-order valence-corrected chi connectivity index (χ3v) is 4.18. The van der Waals surface area contributed by atoms with Gasteiger partial charge in [0.1, 0.15) is 5.75 Å². The molecular formula is C20H20IrNO3S-. The molecule has 26 heavy (non-hydrogen) atoms. The van der Waals surface area contributed by atoms with Gasteiger partial charge in [-0.3, -0.25) is 4.79 Å². The Hall–Kier alpha value is -2.01. The van der Waals surface area contributed by atoms with Crippen LogP contribution in [0.25, 0.3) is 21.5 Å². The summed E-state index contributed by atoms with van der Waals surface area (Å²) in [5.41, 5.74) is 3.08. The molecular weight excluding hydrogens is 527 g/mol. The Labute approximate surface area is 170 Å². The van der Waals surface area contributed by atoms with Crippen LogP contribution in [0.5, 0.6) is 5.75 Å². The van der Waals surface area contributed by atoms with Gasteiger partial charge in [-0.05, 0) is 32.5 Å². The first-order valence-electron chi connectivity index (χ1n) is 7.70. The fourth-order valence-corrected chi connectivity index (χ4v) is 2.98. The maximum absolute atomic E-state index is 10.0. The molecule has 0 atom stereocenters. The molecule has 0 spiro atoms. The van der Waals surface area contributed by atoms with Crippen LogP contribution in [-0.2, 0) is 24.9 Å². The molecule has 0 unspecified atom stereocenters. The van der Waals surface area contributed by atoms with E-state index in [9.17, 15) is 4.79 Å². The van der Waals surface area contributed by atoms with E-state index in [1.807, 2.05) is 23.6 Å². The van der Waals surface area contributed by atoms with Gasteiger partial charge in [0.05, 0.1) is 18.4 Å². The summed E-state index contributed by atoms with van der Waals surface area (Å²) in [4.78, 5) is 15.8. The van der Waals surface area contributed by atoms with E-state index < -0.39 is 0 Å². The third kappa shape index (κ3) is 5.77. The van der Waals surface area contributed by atoms with E-state index in [-0.39, 0.29) is 31.6 Å². The average Bonchev–Trinajstić information content (AvgIpc) is 3.08. The second kappa shape index (κ2) is 10.2. The Morgan fingerprint density at radius 1 is 1.35 bits per heavy atom. The number of aliphatic hydroxyl groups excluding tert-OH is 1. The molecule has 3 rings (SSSR count). The van der Waals surface area contributed by atoms with Gasteiger partial charge in [-0.15, -0.1) is 5.38 Å². The van der Waals surface area contributed by atoms with Crippen molar-refractivity contribution < 1.29 is 34.7 Å². The Morgan fingerprint density at radius 2 is 2.08 bits per heavy atom. The van der Waals surface area contributed by atoms with E-state index in [1.54, 1.807) is 18.4 Å². The molecule has 0 amide bonds. The van der Waals surface area contributed by atoms with Crippen molar-refractivity contribution >= 4 is 28.0 Å². The van der Waals surface area contributed by atoms with Crippen molar-refractivity contribution in [2.45, 2.75) is 20.8 Å². The number of nitrogens with zero attached hydrogens (tertiary/aromatic N) is 1. The number of aromatic nitrogens is 1. The molecule has 0 aliphatic heterocycles. The quantitative estimate of drug-likeness (QED) is 0.282. The van der Waals surface area contributed by atoms with E-state index in [4.69, 9.17) is 14.8 Å². The predicted molar refractivity (Wildman–Crippen MR) is 102 cm³/mol. The Bertz CT molecular complexity index is 901. The van der Waals surface area contributed by atoms with E-state index in [0.29, 0.717) is 0 Å². The fourth-order valence-electron chi connectivity index (χ4n) is 2.35. The SMILES string of the molecule is CC(=O)/C=C(/C)O.COc1cccc2c(C)cc(-c3[c-]ccs3)nc12.[Ir]. The van der Waals surface area contributed by atoms with Gasteiger partial charge in [0.15, 0.2) is 5.78 Å². The van der Waals surface area contributed by atoms with Gasteiger partial charge < -0.3 is 14.8 Å². The average molecular weight is 547 g/mol. The Kier molecular flexibility index (Phi) is 8.65. The van der Waals surface area contributed by atoms with Crippen LogP contribution in [0.4, 0.5) is 0 Å². The Balaban J connectivity index is 0.000000366. The van der Waals surface area contributed by atoms with Gasteiger partial charge in [0.2, 0.25) is 0 Å². The van der Waals surface area contributed by atoms with Crippen molar-refractivity contribution in [2.24, 2.45) is 0 Å². The number of allylic oxidation sites excluding steroid dienone is 2. The second-order valence-electron chi connectivity index (χ2n) is 5.47. The molecule has 6 heteroatoms. The molecule has 139 valence electrons. The van der Waals surface area contributed by atoms with Gasteiger partial charge in [0, 0.05) is 31.6 Å². The third-order valence-electron chi connectivity index (χ3n) is 3.34. The molecule has 0 bridgehead atoms. The van der Waals surface area contributed by atoms with Crippen LogP contribution in [0.15, 0.2) is 47.5 Å². The summed E-state index contributed by atoms with van der Waals surface area (Å²) in [6, 6.07) is 13.2. The number of thiophene rings is 1. The van der Waals surface area contributed by atoms with Crippen molar-refractivity contribution in [1.82, 2.24) is 4.98 Å². The van der Waals surface area contributed by atoms with Crippen molar-refractivity contribution in [3.05, 3.63) is 59.2 Å². The summed E-state index contributed by atoms with van der Waals surface area (Å²) in [5, 5.41) is 11.5. The molecule has 2 heterocycles. The number of hydrogen-bond acceptors (Lipinski definition) is 5. The van der Waals surface area contributed by atoms with Crippen molar-refractivity contribution in [3.8, 4) is 16.3 Å². The van der Waals surface area contributed by atoms with E-state index in [1.165, 1.54) is 25.5 Å². The zero-order chi connectivity index (χ0) is 18.4. The maximum Gasteiger partial charge on any atom is 0.155 e. The molecule has 3 aromatic rings. The number of aryl methyl sites for hydroxylation is 1. The molecule has 4 nitrogen and oxygen atoms in total. The number of hydrogen-bond donors (Lipinski definition) is 1. The summed E-state index contributed by atoms with van der Waals surface area (Å²) in [6.45, 7) is 4.95. The molecule has 1 N–H and O–H groups in total. The fraction of sp³-hybridized carbons (Fsp3) is 0.200. The van der Waals surface area contributed by atoms with Crippen LogP contribution in [0.3, 0.4) is 0 Å². The van der Waals surface area contributed by atoms with Crippen molar-refractivity contribution in [1.29, 1.82) is 0 Å². The number of ether oxygens (including phenoxy) is 1. The molecule has 0 saturated heterocycles. The van der Waals surface area contributed by atoms with Crippen LogP contribution in [0.1, 0.15) is 19.4 Å². The Morgan fingerprint density at radius 3 is 2.58 bits per heavy atom. The van der Waals surface area contributed by atoms with E-state index >= 15 is 0 Å². The number of carbonyl (C=O) groups is 1. The molecule has 0 aliphatic carbocycles. The molecule has 2 aromatic heterocycles. The van der Waals surface area contributed by atoms with E-state index in [0.717, 1.165) is 27.2 Å². The molecule has 0 fully saturated rings. The summed E-state index contributed by atoms with van der Waals surface area (Å²) < 4.78 is 5.39. The monoisotopic (exact) mass is 547 g/mol. The largest absolute Gasteiger partial charge is 0.512 e. The van der Waals surface area contributed by atoms with Gasteiger partial charge in [-0.2, -0.15) is 12.1 Å². The van der Waals surface area contributed by atoms with Gasteiger partial charge in [0.25, 0.3) is 0 Å². The number of aliphatic hydroxyl groups is 1. The van der Waals surface area contributed by atoms with Gasteiger partial charge in [-0.25, -0.2) is 11.3 Å². The minimum absolute atomic E-state index is 0. The number of benzene rings is 1. The zero-order valence-electron chi connectivity index (χ0n) is 15.0. The number of ketones is 1. The normalized spacial score (nSPS) is 10.5. The number of rotatable bonds is 3. The summed E-state index contributed by atoms with van der Waals surface area (Å²) in [5.74, 6) is 0.751. The second-order valence-corrected chi connectivity index (χ2v) is 6.39. The molecule has 1 aromatic carbocycles. The maximum atomic E-state index is 10.0. The van der Waals surface area contributed by atoms with Crippen molar-refractivity contribution in [3.63, 3.8) is 0 Å². The number of methoxy groups -OCH3 is 1. The van der Waals surface area contributed by atoms with Crippen LogP contribution in [0, 0.1) is 13.0 Å². The number of fused-ring (bicyclic) bond motifs is 1. The van der Waals surface area contributed by atoms with Gasteiger partial charge >= 0.3 is 0 Å². The minimum Gasteiger partial charge on any atom is -0.512 e. The first kappa shape index (κ1) is 22.0. The first-order valence-corrected chi connectivity index (χ1v) is 8.58. The summed E-state index contributed by atoms with van der Waals surface area (Å²) >= 11 is 1.65. The van der Waals surface area contributed by atoms with Gasteiger partial charge in [-0.1, -0.05) is 28.6 Å². The minimum atomic E-state index is -0.125. The summed E-state index contributed by atoms with van der Waals surface area (Å²) in [6.07, 6.45) is 1.17. The molecule has 0 saturated carbocycles. The number of pyridine rings is 1. The van der Waals surface area contributed by atoms with Crippen LogP contribution < -0.4 is 4.74 Å². The van der Waals surface area contributed by atoms with Crippen molar-refractivity contribution in [2.75, 3.05) is 7.11 Å². The van der Waals surface area contributed by atoms with E-state index in [2.05, 4.69) is 25.1 Å². The zero-order valence-corrected chi connectivity index (χ0v) is 18.2. The number of carbonyl (C=O) groups excluding carboxylic acids is 1. The van der Waals surface area contributed by atoms with Crippen LogP contribution >= 0.6 is 11.3 Å². The van der Waals surface area contributed by atoms with Crippen LogP contribution in [-0.4, -0.2) is 23.0 Å². The first-order chi connectivity index (χ1) is 11.9. The summed E-state index contributed by atoms with van der Waals surface area (Å²) in [7, 11) is 1.68. The smallest absolute Gasteiger partial charge is 0.155 e. The molecule has 0 aliphatic rings.